The number of carbonyl (C=O) groups is 7. The number of aromatic carboxylic acids is 1. The zero-order chi connectivity index (χ0) is 44.9. The molecule has 1 amide bonds. The topological polar surface area (TPSA) is 218 Å². The van der Waals surface area contributed by atoms with Gasteiger partial charge in [-0.2, -0.15) is 0 Å². The van der Waals surface area contributed by atoms with E-state index in [2.05, 4.69) is 5.32 Å². The third kappa shape index (κ3) is 31.5. The summed E-state index contributed by atoms with van der Waals surface area (Å²) in [6.45, 7) is 6.48. The highest BCUT2D eigenvalue weighted by atomic mass is 16.5. The molecule has 15 heteroatoms. The lowest BCUT2D eigenvalue weighted by Gasteiger charge is -2.11. The number of hydrogen-bond donors (Lipinski definition) is 3. The predicted octanol–water partition coefficient (Wildman–Crippen LogP) is 6.99. The van der Waals surface area contributed by atoms with Crippen LogP contribution in [0.15, 0.2) is 24.3 Å². The van der Waals surface area contributed by atoms with Gasteiger partial charge in [-0.1, -0.05) is 45.4 Å². The van der Waals surface area contributed by atoms with Crippen molar-refractivity contribution in [2.24, 2.45) is 11.8 Å². The average Bonchev–Trinajstić information content (AvgIpc) is 3.23. The number of ketones is 4. The van der Waals surface area contributed by atoms with Gasteiger partial charge < -0.3 is 39.2 Å². The minimum Gasteiger partial charge on any atom is -0.494 e. The summed E-state index contributed by atoms with van der Waals surface area (Å²) < 4.78 is 27.3. The van der Waals surface area contributed by atoms with Crippen LogP contribution in [0.25, 0.3) is 0 Å². The first-order valence-corrected chi connectivity index (χ1v) is 22.2. The first-order valence-electron chi connectivity index (χ1n) is 22.2. The molecule has 0 fully saturated rings. The van der Waals surface area contributed by atoms with E-state index in [1.165, 1.54) is 12.1 Å². The molecule has 15 nitrogen and oxygen atoms in total. The Bertz CT molecular complexity index is 1400. The highest BCUT2D eigenvalue weighted by molar-refractivity contribution is 5.87. The van der Waals surface area contributed by atoms with Crippen LogP contribution in [0, 0.1) is 11.8 Å². The number of carboxylic acid groups (broad SMARTS) is 2. The molecule has 0 aliphatic rings. The van der Waals surface area contributed by atoms with Gasteiger partial charge in [0.15, 0.2) is 5.78 Å². The van der Waals surface area contributed by atoms with E-state index in [0.29, 0.717) is 70.8 Å². The Morgan fingerprint density at radius 3 is 1.74 bits per heavy atom. The van der Waals surface area contributed by atoms with E-state index in [0.717, 1.165) is 64.2 Å². The van der Waals surface area contributed by atoms with Crippen molar-refractivity contribution in [1.82, 2.24) is 5.32 Å². The van der Waals surface area contributed by atoms with Crippen LogP contribution >= 0.6 is 0 Å². The Hall–Kier alpha value is -4.05. The van der Waals surface area contributed by atoms with Crippen LogP contribution in [0.2, 0.25) is 0 Å². The minimum absolute atomic E-state index is 0.0288. The molecule has 2 atom stereocenters. The third-order valence-electron chi connectivity index (χ3n) is 10.2. The van der Waals surface area contributed by atoms with Gasteiger partial charge in [-0.25, -0.2) is 4.79 Å². The van der Waals surface area contributed by atoms with E-state index in [9.17, 15) is 38.7 Å². The zero-order valence-corrected chi connectivity index (χ0v) is 36.8. The molecule has 0 bridgehead atoms. The molecule has 1 aromatic rings. The molecule has 0 aromatic heterocycles. The summed E-state index contributed by atoms with van der Waals surface area (Å²) >= 11 is 0. The van der Waals surface area contributed by atoms with E-state index in [4.69, 9.17) is 28.8 Å². The lowest BCUT2D eigenvalue weighted by molar-refractivity contribution is -0.144. The monoisotopic (exact) mass is 864 g/mol. The van der Waals surface area contributed by atoms with Crippen molar-refractivity contribution in [2.45, 2.75) is 136 Å². The fraction of sp³-hybridized carbons (Fsp3) is 0.717. The number of Topliss-reactive ketones (excluding diaryl/α,β-unsaturated/α-hetero) is 4. The molecule has 1 aromatic carbocycles. The largest absolute Gasteiger partial charge is 0.494 e. The summed E-state index contributed by atoms with van der Waals surface area (Å²) in [5.41, 5.74) is 0.222. The predicted molar refractivity (Wildman–Crippen MR) is 229 cm³/mol. The maximum Gasteiger partial charge on any atom is 0.335 e. The summed E-state index contributed by atoms with van der Waals surface area (Å²) in [4.78, 5) is 82.8. The van der Waals surface area contributed by atoms with Gasteiger partial charge in [0.05, 0.1) is 44.5 Å². The number of hydrogen-bond acceptors (Lipinski definition) is 12. The van der Waals surface area contributed by atoms with E-state index < -0.39 is 17.9 Å². The van der Waals surface area contributed by atoms with Gasteiger partial charge in [0.25, 0.3) is 0 Å². The Labute approximate surface area is 362 Å². The molecule has 0 radical (unpaired) electrons. The summed E-state index contributed by atoms with van der Waals surface area (Å²) in [5, 5.41) is 21.3. The number of rotatable bonds is 43. The summed E-state index contributed by atoms with van der Waals surface area (Å²) in [6.07, 6.45) is 12.1. The molecule has 0 heterocycles. The van der Waals surface area contributed by atoms with Gasteiger partial charge in [-0.05, 0) is 82.6 Å². The molecule has 1 rings (SSSR count). The second kappa shape index (κ2) is 36.6. The molecule has 61 heavy (non-hydrogen) atoms. The molecule has 0 unspecified atom stereocenters. The van der Waals surface area contributed by atoms with E-state index in [-0.39, 0.29) is 99.2 Å². The fourth-order valence-electron chi connectivity index (χ4n) is 6.44. The molecule has 0 saturated carbocycles. The fourth-order valence-corrected chi connectivity index (χ4v) is 6.44. The number of amides is 1. The van der Waals surface area contributed by atoms with Crippen molar-refractivity contribution in [2.75, 3.05) is 66.0 Å². The Balaban J connectivity index is 1.93. The minimum atomic E-state index is -1.06. The van der Waals surface area contributed by atoms with Crippen LogP contribution in [0.1, 0.15) is 146 Å². The normalized spacial score (nSPS) is 12.1. The molecule has 0 aliphatic heterocycles. The average molecular weight is 864 g/mol. The molecular weight excluding hydrogens is 790 g/mol. The van der Waals surface area contributed by atoms with Gasteiger partial charge in [0.1, 0.15) is 36.3 Å². The molecule has 0 aliphatic carbocycles. The summed E-state index contributed by atoms with van der Waals surface area (Å²) in [6, 6.07) is 6.33. The number of carboxylic acids is 2. The SMILES string of the molecule is CC[C@@H](CCCCNC(=O)COCCOCCCC(=O)COCCOCCCC(=O)CC[C@H](CC(=O)CCCCCCCCCOc1ccc(C(=O)O)cc1)C(=O)O)C(C)=O. The van der Waals surface area contributed by atoms with Crippen LogP contribution in [-0.4, -0.2) is 117 Å². The van der Waals surface area contributed by atoms with Crippen molar-refractivity contribution >= 4 is 41.0 Å². The highest BCUT2D eigenvalue weighted by Crippen LogP contribution is 2.18. The maximum atomic E-state index is 12.4. The van der Waals surface area contributed by atoms with Gasteiger partial charge >= 0.3 is 11.9 Å². The van der Waals surface area contributed by atoms with E-state index in [1.54, 1.807) is 19.1 Å². The van der Waals surface area contributed by atoms with Gasteiger partial charge in [0, 0.05) is 57.8 Å². The lowest BCUT2D eigenvalue weighted by Crippen LogP contribution is -2.29. The number of aliphatic carboxylic acids is 1. The van der Waals surface area contributed by atoms with Crippen molar-refractivity contribution in [3.63, 3.8) is 0 Å². The number of benzene rings is 1. The Morgan fingerprint density at radius 1 is 0.557 bits per heavy atom. The first kappa shape index (κ1) is 55.0. The van der Waals surface area contributed by atoms with Crippen molar-refractivity contribution < 1.29 is 67.5 Å². The van der Waals surface area contributed by atoms with Gasteiger partial charge in [-0.3, -0.25) is 28.8 Å². The van der Waals surface area contributed by atoms with Crippen molar-refractivity contribution in [1.29, 1.82) is 0 Å². The van der Waals surface area contributed by atoms with Crippen LogP contribution < -0.4 is 10.1 Å². The van der Waals surface area contributed by atoms with Gasteiger partial charge in [-0.15, -0.1) is 0 Å². The molecule has 3 N–H and O–H groups in total. The number of nitrogens with one attached hydrogen (secondary N) is 1. The zero-order valence-electron chi connectivity index (χ0n) is 36.8. The Kier molecular flexibility index (Phi) is 33.0. The van der Waals surface area contributed by atoms with Crippen molar-refractivity contribution in [3.05, 3.63) is 29.8 Å². The summed E-state index contributed by atoms with van der Waals surface area (Å²) in [7, 11) is 0. The van der Waals surface area contributed by atoms with Crippen LogP contribution in [0.5, 0.6) is 5.75 Å². The smallest absolute Gasteiger partial charge is 0.335 e. The first-order chi connectivity index (χ1) is 29.4. The molecular formula is C46H73NO14. The van der Waals surface area contributed by atoms with E-state index >= 15 is 0 Å². The second-order valence-corrected chi connectivity index (χ2v) is 15.4. The molecule has 0 saturated heterocycles. The van der Waals surface area contributed by atoms with E-state index in [1.807, 2.05) is 6.92 Å². The van der Waals surface area contributed by atoms with Crippen LogP contribution in [0.4, 0.5) is 0 Å². The number of carbonyl (C=O) groups excluding carboxylic acids is 5. The van der Waals surface area contributed by atoms with Crippen LogP contribution in [-0.2, 0) is 47.7 Å². The third-order valence-corrected chi connectivity index (χ3v) is 10.2. The second-order valence-electron chi connectivity index (χ2n) is 15.4. The van der Waals surface area contributed by atoms with Gasteiger partial charge in [0.2, 0.25) is 5.91 Å². The standard InChI is InChI=1S/C46H73NO14/c1-3-37(36(2)48)15-10-11-25-47-44(52)35-60-32-30-58-27-14-18-42(51)34-59-31-29-57-26-13-17-40(49)22-19-39(46(55)56)33-41(50)16-9-7-5-4-6-8-12-28-61-43-23-20-38(21-24-43)45(53)54/h20-21,23-24,37,39H,3-19,22,25-35H2,1-2H3,(H,47,52)(H,53,54)(H,55,56)/t37-,39+/m0/s1. The Morgan fingerprint density at radius 2 is 1.13 bits per heavy atom. The molecule has 346 valence electrons. The number of unbranched alkanes of at least 4 members (excludes halogenated alkanes) is 7. The maximum absolute atomic E-state index is 12.4. The highest BCUT2D eigenvalue weighted by Gasteiger charge is 2.22. The quantitative estimate of drug-likeness (QED) is 0.0564. The number of ether oxygens (including phenoxy) is 5. The molecule has 0 spiro atoms. The van der Waals surface area contributed by atoms with Crippen molar-refractivity contribution in [3.8, 4) is 5.75 Å². The lowest BCUT2D eigenvalue weighted by atomic mass is 9.93. The van der Waals surface area contributed by atoms with Crippen LogP contribution in [0.3, 0.4) is 0 Å². The summed E-state index contributed by atoms with van der Waals surface area (Å²) in [5.74, 6) is -2.34.